The van der Waals surface area contributed by atoms with Gasteiger partial charge in [-0.15, -0.1) is 0 Å². The second-order valence-electron chi connectivity index (χ2n) is 3.98. The summed E-state index contributed by atoms with van der Waals surface area (Å²) < 4.78 is 0. The van der Waals surface area contributed by atoms with Crippen LogP contribution in [0.1, 0.15) is 40.7 Å². The van der Waals surface area contributed by atoms with Gasteiger partial charge in [-0.05, 0) is 36.0 Å². The van der Waals surface area contributed by atoms with Crippen LogP contribution in [0.4, 0.5) is 0 Å². The number of fused-ring (bicyclic) bond motifs is 1. The third-order valence-corrected chi connectivity index (χ3v) is 3.03. The smallest absolute Gasteiger partial charge is 0.176 e. The maximum Gasteiger partial charge on any atom is 0.176 e. The van der Waals surface area contributed by atoms with Crippen LogP contribution in [0.3, 0.4) is 0 Å². The summed E-state index contributed by atoms with van der Waals surface area (Å²) in [6, 6.07) is 5.98. The second kappa shape index (κ2) is 3.54. The summed E-state index contributed by atoms with van der Waals surface area (Å²) in [4.78, 5) is 11.4. The molecular weight excluding hydrogens is 174 g/mol. The van der Waals surface area contributed by atoms with E-state index in [9.17, 15) is 4.79 Å². The van der Waals surface area contributed by atoms with Crippen LogP contribution in [0.25, 0.3) is 0 Å². The number of benzene rings is 1. The van der Waals surface area contributed by atoms with Gasteiger partial charge in [0.2, 0.25) is 0 Å². The Bertz CT molecular complexity index is 371. The van der Waals surface area contributed by atoms with Crippen LogP contribution in [0.15, 0.2) is 18.2 Å². The van der Waals surface area contributed by atoms with Gasteiger partial charge in [-0.25, -0.2) is 0 Å². The SMILES string of the molecule is CC1CCc2ccc(C(=O)CN)cc21. The highest BCUT2D eigenvalue weighted by Crippen LogP contribution is 2.32. The molecule has 0 heterocycles. The summed E-state index contributed by atoms with van der Waals surface area (Å²) in [5.41, 5.74) is 8.83. The molecule has 0 spiro atoms. The number of ketones is 1. The summed E-state index contributed by atoms with van der Waals surface area (Å²) in [5, 5.41) is 0. The molecule has 1 aliphatic carbocycles. The summed E-state index contributed by atoms with van der Waals surface area (Å²) in [5.74, 6) is 0.627. The molecule has 2 heteroatoms. The number of aryl methyl sites for hydroxylation is 1. The van der Waals surface area contributed by atoms with Gasteiger partial charge in [0.15, 0.2) is 5.78 Å². The Kier molecular flexibility index (Phi) is 2.38. The van der Waals surface area contributed by atoms with E-state index in [0.29, 0.717) is 5.92 Å². The Morgan fingerprint density at radius 1 is 1.57 bits per heavy atom. The average molecular weight is 189 g/mol. The summed E-state index contributed by atoms with van der Waals surface area (Å²) in [6.07, 6.45) is 2.35. The zero-order valence-corrected chi connectivity index (χ0v) is 8.42. The molecule has 1 aromatic carbocycles. The van der Waals surface area contributed by atoms with Crippen molar-refractivity contribution in [1.29, 1.82) is 0 Å². The molecule has 0 aromatic heterocycles. The fourth-order valence-electron chi connectivity index (χ4n) is 2.10. The van der Waals surface area contributed by atoms with Crippen molar-refractivity contribution in [3.8, 4) is 0 Å². The van der Waals surface area contributed by atoms with Crippen molar-refractivity contribution in [2.24, 2.45) is 5.73 Å². The normalized spacial score (nSPS) is 19.4. The van der Waals surface area contributed by atoms with Gasteiger partial charge in [0, 0.05) is 5.56 Å². The van der Waals surface area contributed by atoms with Crippen LogP contribution in [0.5, 0.6) is 0 Å². The number of carbonyl (C=O) groups excluding carboxylic acids is 1. The van der Waals surface area contributed by atoms with Crippen LogP contribution in [0.2, 0.25) is 0 Å². The molecule has 1 atom stereocenters. The molecule has 1 aromatic rings. The van der Waals surface area contributed by atoms with Crippen molar-refractivity contribution < 1.29 is 4.79 Å². The van der Waals surface area contributed by atoms with Gasteiger partial charge in [-0.3, -0.25) is 4.79 Å². The van der Waals surface area contributed by atoms with Crippen molar-refractivity contribution >= 4 is 5.78 Å². The van der Waals surface area contributed by atoms with E-state index < -0.39 is 0 Å². The lowest BCUT2D eigenvalue weighted by molar-refractivity contribution is 0.100. The largest absolute Gasteiger partial charge is 0.324 e. The van der Waals surface area contributed by atoms with Gasteiger partial charge < -0.3 is 5.73 Å². The molecule has 1 unspecified atom stereocenters. The highest BCUT2D eigenvalue weighted by atomic mass is 16.1. The summed E-state index contributed by atoms with van der Waals surface area (Å²) >= 11 is 0. The molecule has 2 nitrogen and oxygen atoms in total. The minimum Gasteiger partial charge on any atom is -0.324 e. The van der Waals surface area contributed by atoms with Crippen molar-refractivity contribution in [2.45, 2.75) is 25.7 Å². The summed E-state index contributed by atoms with van der Waals surface area (Å²) in [6.45, 7) is 2.32. The molecule has 0 aliphatic heterocycles. The standard InChI is InChI=1S/C12H15NO/c1-8-2-3-9-4-5-10(6-11(8)9)12(14)7-13/h4-6,8H,2-3,7,13H2,1H3. The van der Waals surface area contributed by atoms with Crippen LogP contribution in [-0.4, -0.2) is 12.3 Å². The molecule has 1 aliphatic rings. The topological polar surface area (TPSA) is 43.1 Å². The van der Waals surface area contributed by atoms with E-state index in [4.69, 9.17) is 5.73 Å². The molecular formula is C12H15NO. The fourth-order valence-corrected chi connectivity index (χ4v) is 2.10. The lowest BCUT2D eigenvalue weighted by atomic mass is 9.99. The van der Waals surface area contributed by atoms with E-state index in [2.05, 4.69) is 13.0 Å². The first kappa shape index (κ1) is 9.41. The van der Waals surface area contributed by atoms with Crippen molar-refractivity contribution in [3.63, 3.8) is 0 Å². The predicted octanol–water partition coefficient (Wildman–Crippen LogP) is 1.88. The van der Waals surface area contributed by atoms with E-state index in [0.717, 1.165) is 12.0 Å². The number of hydrogen-bond acceptors (Lipinski definition) is 2. The molecule has 2 rings (SSSR count). The first-order valence-corrected chi connectivity index (χ1v) is 5.08. The first-order valence-electron chi connectivity index (χ1n) is 5.08. The van der Waals surface area contributed by atoms with E-state index in [1.807, 2.05) is 12.1 Å². The molecule has 0 saturated heterocycles. The molecule has 2 N–H and O–H groups in total. The Labute approximate surface area is 84.1 Å². The molecule has 0 fully saturated rings. The van der Waals surface area contributed by atoms with Gasteiger partial charge in [-0.2, -0.15) is 0 Å². The molecule has 0 radical (unpaired) electrons. The van der Waals surface area contributed by atoms with Gasteiger partial charge >= 0.3 is 0 Å². The highest BCUT2D eigenvalue weighted by Gasteiger charge is 2.19. The Balaban J connectivity index is 2.39. The van der Waals surface area contributed by atoms with Crippen LogP contribution in [-0.2, 0) is 6.42 Å². The third kappa shape index (κ3) is 1.46. The second-order valence-corrected chi connectivity index (χ2v) is 3.98. The van der Waals surface area contributed by atoms with Gasteiger partial charge in [-0.1, -0.05) is 19.1 Å². The maximum atomic E-state index is 11.4. The Morgan fingerprint density at radius 2 is 2.36 bits per heavy atom. The van der Waals surface area contributed by atoms with Crippen LogP contribution >= 0.6 is 0 Å². The number of nitrogens with two attached hydrogens (primary N) is 1. The average Bonchev–Trinajstić information content (AvgIpc) is 2.59. The molecule has 0 bridgehead atoms. The summed E-state index contributed by atoms with van der Waals surface area (Å²) in [7, 11) is 0. The minimum absolute atomic E-state index is 0.0342. The molecule has 0 saturated carbocycles. The zero-order valence-electron chi connectivity index (χ0n) is 8.42. The lowest BCUT2D eigenvalue weighted by Gasteiger charge is -2.06. The van der Waals surface area contributed by atoms with Crippen molar-refractivity contribution in [3.05, 3.63) is 34.9 Å². The minimum atomic E-state index is 0.0342. The van der Waals surface area contributed by atoms with Gasteiger partial charge in [0.25, 0.3) is 0 Å². The molecule has 74 valence electrons. The number of Topliss-reactive ketones (excluding diaryl/α,β-unsaturated/α-hetero) is 1. The zero-order chi connectivity index (χ0) is 10.1. The highest BCUT2D eigenvalue weighted by molar-refractivity contribution is 5.97. The lowest BCUT2D eigenvalue weighted by Crippen LogP contribution is -2.13. The monoisotopic (exact) mass is 189 g/mol. The third-order valence-electron chi connectivity index (χ3n) is 3.03. The van der Waals surface area contributed by atoms with Crippen molar-refractivity contribution in [2.75, 3.05) is 6.54 Å². The number of carbonyl (C=O) groups is 1. The molecule has 0 amide bonds. The van der Waals surface area contributed by atoms with Crippen LogP contribution < -0.4 is 5.73 Å². The van der Waals surface area contributed by atoms with E-state index in [-0.39, 0.29) is 12.3 Å². The van der Waals surface area contributed by atoms with Gasteiger partial charge in [0.1, 0.15) is 0 Å². The maximum absolute atomic E-state index is 11.4. The predicted molar refractivity (Wildman–Crippen MR) is 56.6 cm³/mol. The van der Waals surface area contributed by atoms with Gasteiger partial charge in [0.05, 0.1) is 6.54 Å². The molecule has 14 heavy (non-hydrogen) atoms. The quantitative estimate of drug-likeness (QED) is 0.722. The number of hydrogen-bond donors (Lipinski definition) is 1. The van der Waals surface area contributed by atoms with E-state index >= 15 is 0 Å². The number of rotatable bonds is 2. The van der Waals surface area contributed by atoms with E-state index in [1.54, 1.807) is 0 Å². The Morgan fingerprint density at radius 3 is 3.07 bits per heavy atom. The fraction of sp³-hybridized carbons (Fsp3) is 0.417. The Hall–Kier alpha value is -1.15. The van der Waals surface area contributed by atoms with E-state index in [1.165, 1.54) is 17.5 Å². The first-order chi connectivity index (χ1) is 6.72. The van der Waals surface area contributed by atoms with Crippen molar-refractivity contribution in [1.82, 2.24) is 0 Å². The van der Waals surface area contributed by atoms with Crippen LogP contribution in [0, 0.1) is 0 Å².